The lowest BCUT2D eigenvalue weighted by Crippen LogP contribution is -2.35. The van der Waals surface area contributed by atoms with Gasteiger partial charge in [0.2, 0.25) is 11.8 Å². The number of carbonyl (C=O) groups excluding carboxylic acids is 1. The molecule has 5 N–H and O–H groups in total. The molecule has 0 unspecified atom stereocenters. The predicted octanol–water partition coefficient (Wildman–Crippen LogP) is 4.70. The topological polar surface area (TPSA) is 167 Å². The predicted molar refractivity (Wildman–Crippen MR) is 195 cm³/mol. The van der Waals surface area contributed by atoms with Crippen LogP contribution < -0.4 is 26.2 Å². The van der Waals surface area contributed by atoms with E-state index in [4.69, 9.17) is 38.0 Å². The molecule has 6 rings (SSSR count). The Morgan fingerprint density at radius 3 is 2.41 bits per heavy atom. The van der Waals surface area contributed by atoms with Gasteiger partial charge in [0.15, 0.2) is 0 Å². The summed E-state index contributed by atoms with van der Waals surface area (Å²) in [5.74, 6) is -0.551. The van der Waals surface area contributed by atoms with Crippen molar-refractivity contribution in [3.8, 4) is 39.4 Å². The molecular formula is C37H36Cl2N6O6. The summed E-state index contributed by atoms with van der Waals surface area (Å²) in [6.07, 6.45) is 3.00. The molecular weight excluding hydrogens is 695 g/mol. The number of nitrogens with one attached hydrogen (secondary N) is 3. The minimum Gasteiger partial charge on any atom is -0.481 e. The number of aliphatic hydroxyl groups is 1. The molecule has 51 heavy (non-hydrogen) atoms. The van der Waals surface area contributed by atoms with E-state index < -0.39 is 18.5 Å². The van der Waals surface area contributed by atoms with Crippen LogP contribution in [-0.2, 0) is 22.7 Å². The Balaban J connectivity index is 1.22. The van der Waals surface area contributed by atoms with Crippen LogP contribution in [0.1, 0.15) is 30.4 Å². The molecule has 1 amide bonds. The number of fused-ring (bicyclic) bond motifs is 1. The maximum atomic E-state index is 13.1. The van der Waals surface area contributed by atoms with E-state index in [0.717, 1.165) is 23.1 Å². The number of hydrogen-bond donors (Lipinski definition) is 5. The van der Waals surface area contributed by atoms with Gasteiger partial charge in [0.05, 0.1) is 35.4 Å². The highest BCUT2D eigenvalue weighted by Gasteiger charge is 2.21. The lowest BCUT2D eigenvalue weighted by molar-refractivity contribution is -0.139. The second-order valence-corrected chi connectivity index (χ2v) is 13.0. The molecule has 1 saturated heterocycles. The molecule has 2 atom stereocenters. The van der Waals surface area contributed by atoms with Gasteiger partial charge in [0.1, 0.15) is 5.65 Å². The Hall–Kier alpha value is -4.85. The number of hydrogen-bond acceptors (Lipinski definition) is 9. The molecule has 0 aliphatic carbocycles. The van der Waals surface area contributed by atoms with E-state index in [-0.39, 0.29) is 30.6 Å². The minimum absolute atomic E-state index is 0.0218. The number of benzene rings is 2. The molecule has 1 aliphatic heterocycles. The highest BCUT2D eigenvalue weighted by Crippen LogP contribution is 2.42. The SMILES string of the molecule is COc1nc(-c2cccc(-c3cccc(-c4ccn5c(=O)c(CNC[C@H](O)CC(=O)O)cnc5c4)c3Cl)c2Cl)ccc1CNC[C@@H]1CCC(=O)N1. The average Bonchev–Trinajstić information content (AvgIpc) is 3.54. The molecule has 3 aromatic heterocycles. The number of carboxylic acids is 1. The zero-order valence-electron chi connectivity index (χ0n) is 27.7. The van der Waals surface area contributed by atoms with E-state index >= 15 is 0 Å². The van der Waals surface area contributed by atoms with Crippen molar-refractivity contribution in [3.63, 3.8) is 0 Å². The van der Waals surface area contributed by atoms with E-state index in [2.05, 4.69) is 20.9 Å². The number of carboxylic acid groups (broad SMARTS) is 1. The average molecular weight is 732 g/mol. The summed E-state index contributed by atoms with van der Waals surface area (Å²) in [6, 6.07) is 18.9. The number of nitrogens with zero attached hydrogens (tertiary/aromatic N) is 3. The van der Waals surface area contributed by atoms with Crippen molar-refractivity contribution >= 4 is 40.7 Å². The number of amides is 1. The molecule has 1 fully saturated rings. The van der Waals surface area contributed by atoms with Crippen LogP contribution in [-0.4, -0.2) is 68.8 Å². The van der Waals surface area contributed by atoms with Crippen LogP contribution in [0.3, 0.4) is 0 Å². The summed E-state index contributed by atoms with van der Waals surface area (Å²) >= 11 is 14.1. The number of rotatable bonds is 14. The number of aliphatic hydroxyl groups excluding tert-OH is 1. The summed E-state index contributed by atoms with van der Waals surface area (Å²) in [7, 11) is 1.57. The first-order chi connectivity index (χ1) is 24.6. The number of methoxy groups -OCH3 is 1. The molecule has 0 saturated carbocycles. The quantitative estimate of drug-likeness (QED) is 0.108. The van der Waals surface area contributed by atoms with Crippen LogP contribution in [0.25, 0.3) is 39.2 Å². The smallest absolute Gasteiger partial charge is 0.306 e. The highest BCUT2D eigenvalue weighted by atomic mass is 35.5. The van der Waals surface area contributed by atoms with Gasteiger partial charge in [-0.05, 0) is 30.2 Å². The second kappa shape index (κ2) is 16.0. The first kappa shape index (κ1) is 36.0. The third-order valence-electron chi connectivity index (χ3n) is 8.68. The number of ether oxygens (including phenoxy) is 1. The van der Waals surface area contributed by atoms with Gasteiger partial charge in [-0.25, -0.2) is 9.97 Å². The van der Waals surface area contributed by atoms with E-state index in [1.54, 1.807) is 25.4 Å². The van der Waals surface area contributed by atoms with Gasteiger partial charge in [-0.3, -0.25) is 18.8 Å². The van der Waals surface area contributed by atoms with E-state index in [1.165, 1.54) is 10.6 Å². The monoisotopic (exact) mass is 730 g/mol. The largest absolute Gasteiger partial charge is 0.481 e. The number of carbonyl (C=O) groups is 2. The summed E-state index contributed by atoms with van der Waals surface area (Å²) in [6.45, 7) is 1.32. The van der Waals surface area contributed by atoms with Crippen molar-refractivity contribution < 1.29 is 24.5 Å². The summed E-state index contributed by atoms with van der Waals surface area (Å²) in [5, 5.41) is 28.8. The third kappa shape index (κ3) is 8.22. The zero-order chi connectivity index (χ0) is 36.1. The number of halogens is 2. The van der Waals surface area contributed by atoms with Gasteiger partial charge >= 0.3 is 5.97 Å². The van der Waals surface area contributed by atoms with Crippen LogP contribution in [0.2, 0.25) is 10.0 Å². The summed E-state index contributed by atoms with van der Waals surface area (Å²) in [5.41, 5.74) is 5.60. The normalized spacial score (nSPS) is 14.8. The Bertz CT molecular complexity index is 2160. The zero-order valence-corrected chi connectivity index (χ0v) is 29.2. The number of aliphatic carboxylic acids is 1. The Morgan fingerprint density at radius 2 is 1.71 bits per heavy atom. The molecule has 264 valence electrons. The van der Waals surface area contributed by atoms with Crippen molar-refractivity contribution in [3.05, 3.63) is 105 Å². The fraction of sp³-hybridized carbons (Fsp3) is 0.270. The molecule has 0 radical (unpaired) electrons. The van der Waals surface area contributed by atoms with Crippen LogP contribution in [0.5, 0.6) is 5.88 Å². The summed E-state index contributed by atoms with van der Waals surface area (Å²) in [4.78, 5) is 44.7. The Morgan fingerprint density at radius 1 is 1.00 bits per heavy atom. The van der Waals surface area contributed by atoms with Gasteiger partial charge in [0, 0.05) is 84.4 Å². The van der Waals surface area contributed by atoms with Gasteiger partial charge < -0.3 is 30.9 Å². The molecule has 12 nitrogen and oxygen atoms in total. The van der Waals surface area contributed by atoms with Crippen LogP contribution in [0, 0.1) is 0 Å². The maximum Gasteiger partial charge on any atom is 0.306 e. The lowest BCUT2D eigenvalue weighted by Gasteiger charge is -2.16. The molecule has 1 aliphatic rings. The Kier molecular flexibility index (Phi) is 11.3. The number of pyridine rings is 2. The fourth-order valence-electron chi connectivity index (χ4n) is 6.09. The minimum atomic E-state index is -1.10. The van der Waals surface area contributed by atoms with Crippen LogP contribution >= 0.6 is 23.2 Å². The molecule has 2 aromatic carbocycles. The second-order valence-electron chi connectivity index (χ2n) is 12.2. The molecule has 0 bridgehead atoms. The van der Waals surface area contributed by atoms with E-state index in [9.17, 15) is 19.5 Å². The lowest BCUT2D eigenvalue weighted by atomic mass is 9.97. The third-order valence-corrected chi connectivity index (χ3v) is 9.50. The van der Waals surface area contributed by atoms with Gasteiger partial charge in [-0.15, -0.1) is 0 Å². The first-order valence-electron chi connectivity index (χ1n) is 16.4. The molecule has 4 heterocycles. The van der Waals surface area contributed by atoms with Crippen LogP contribution in [0.15, 0.2) is 77.9 Å². The highest BCUT2D eigenvalue weighted by molar-refractivity contribution is 6.39. The van der Waals surface area contributed by atoms with Crippen molar-refractivity contribution in [2.45, 2.75) is 44.5 Å². The van der Waals surface area contributed by atoms with Crippen molar-refractivity contribution in [1.29, 1.82) is 0 Å². The van der Waals surface area contributed by atoms with Crippen molar-refractivity contribution in [2.24, 2.45) is 0 Å². The summed E-state index contributed by atoms with van der Waals surface area (Å²) < 4.78 is 7.05. The maximum absolute atomic E-state index is 13.1. The number of aromatic nitrogens is 3. The van der Waals surface area contributed by atoms with Gasteiger partial charge in [0.25, 0.3) is 5.56 Å². The van der Waals surface area contributed by atoms with Crippen molar-refractivity contribution in [1.82, 2.24) is 30.3 Å². The molecule has 14 heteroatoms. The van der Waals surface area contributed by atoms with E-state index in [1.807, 2.05) is 48.5 Å². The fourth-order valence-corrected chi connectivity index (χ4v) is 6.75. The standard InChI is InChI=1S/C37H36Cl2N6O6/c1-51-36-22(16-40-19-24-9-11-32(47)43-24)8-10-30(44-36)29-7-3-6-28(35(29)39)27-5-2-4-26(34(27)38)21-12-13-45-31(14-21)42-18-23(37(45)50)17-41-20-25(46)15-33(48)49/h2-8,10,12-14,18,24-25,40-41,46H,9,11,15-17,19-20H2,1H3,(H,43,47)(H,48,49)/t24-,25+/m0/s1. The first-order valence-corrected chi connectivity index (χ1v) is 17.1. The van der Waals surface area contributed by atoms with Crippen LogP contribution in [0.4, 0.5) is 0 Å². The van der Waals surface area contributed by atoms with E-state index in [0.29, 0.717) is 69.0 Å². The van der Waals surface area contributed by atoms with Crippen molar-refractivity contribution in [2.75, 3.05) is 20.2 Å². The van der Waals surface area contributed by atoms with Gasteiger partial charge in [-0.2, -0.15) is 0 Å². The molecule has 5 aromatic rings. The Labute approximate surface area is 303 Å². The van der Waals surface area contributed by atoms with Gasteiger partial charge in [-0.1, -0.05) is 65.7 Å². The molecule has 0 spiro atoms.